The summed E-state index contributed by atoms with van der Waals surface area (Å²) in [5, 5.41) is 3.80. The summed E-state index contributed by atoms with van der Waals surface area (Å²) in [5.41, 5.74) is 1.13. The van der Waals surface area contributed by atoms with Gasteiger partial charge in [-0.2, -0.15) is 0 Å². The molecule has 1 saturated heterocycles. The number of halogens is 1. The van der Waals surface area contributed by atoms with Gasteiger partial charge in [-0.15, -0.1) is 0 Å². The first-order chi connectivity index (χ1) is 10.2. The highest BCUT2D eigenvalue weighted by Crippen LogP contribution is 2.24. The Morgan fingerprint density at radius 2 is 1.76 bits per heavy atom. The van der Waals surface area contributed by atoms with E-state index in [1.807, 2.05) is 19.2 Å². The van der Waals surface area contributed by atoms with Crippen molar-refractivity contribution in [3.05, 3.63) is 30.1 Å². The number of nitrogens with zero attached hydrogens (tertiary/aromatic N) is 1. The normalized spacial score (nSPS) is 29.8. The number of ether oxygens (including phenoxy) is 1. The lowest BCUT2D eigenvalue weighted by Gasteiger charge is -2.30. The SMILES string of the molecule is COC1CCC(NC2CCN(c3ccc(F)cc3)C2)CC1. The Labute approximate surface area is 126 Å². The van der Waals surface area contributed by atoms with Crippen LogP contribution in [0.1, 0.15) is 32.1 Å². The maximum Gasteiger partial charge on any atom is 0.123 e. The zero-order valence-electron chi connectivity index (χ0n) is 12.7. The average molecular weight is 292 g/mol. The highest BCUT2D eigenvalue weighted by Gasteiger charge is 2.27. The topological polar surface area (TPSA) is 24.5 Å². The number of methoxy groups -OCH3 is 1. The molecule has 2 aliphatic rings. The van der Waals surface area contributed by atoms with Crippen LogP contribution in [0, 0.1) is 5.82 Å². The fourth-order valence-corrected chi connectivity index (χ4v) is 3.58. The number of hydrogen-bond donors (Lipinski definition) is 1. The summed E-state index contributed by atoms with van der Waals surface area (Å²) < 4.78 is 18.4. The van der Waals surface area contributed by atoms with E-state index in [0.717, 1.165) is 18.8 Å². The van der Waals surface area contributed by atoms with Crippen molar-refractivity contribution in [2.75, 3.05) is 25.1 Å². The van der Waals surface area contributed by atoms with Crippen molar-refractivity contribution in [2.45, 2.75) is 50.3 Å². The van der Waals surface area contributed by atoms with Gasteiger partial charge < -0.3 is 15.0 Å². The first-order valence-electron chi connectivity index (χ1n) is 8.04. The van der Waals surface area contributed by atoms with Crippen LogP contribution in [0.4, 0.5) is 10.1 Å². The van der Waals surface area contributed by atoms with E-state index in [-0.39, 0.29) is 5.82 Å². The maximum absolute atomic E-state index is 13.0. The fourth-order valence-electron chi connectivity index (χ4n) is 3.58. The van der Waals surface area contributed by atoms with Crippen LogP contribution >= 0.6 is 0 Å². The Morgan fingerprint density at radius 1 is 1.05 bits per heavy atom. The molecule has 21 heavy (non-hydrogen) atoms. The first kappa shape index (κ1) is 14.8. The smallest absolute Gasteiger partial charge is 0.123 e. The van der Waals surface area contributed by atoms with E-state index in [1.54, 1.807) is 12.1 Å². The van der Waals surface area contributed by atoms with E-state index in [2.05, 4.69) is 10.2 Å². The van der Waals surface area contributed by atoms with Gasteiger partial charge >= 0.3 is 0 Å². The summed E-state index contributed by atoms with van der Waals surface area (Å²) in [6.45, 7) is 2.08. The molecule has 0 bridgehead atoms. The molecular weight excluding hydrogens is 267 g/mol. The van der Waals surface area contributed by atoms with Crippen LogP contribution in [-0.2, 0) is 4.74 Å². The Balaban J connectivity index is 1.48. The monoisotopic (exact) mass is 292 g/mol. The van der Waals surface area contributed by atoms with Gasteiger partial charge in [0.25, 0.3) is 0 Å². The van der Waals surface area contributed by atoms with E-state index in [0.29, 0.717) is 18.2 Å². The van der Waals surface area contributed by atoms with Gasteiger partial charge in [-0.1, -0.05) is 0 Å². The molecule has 1 heterocycles. The Bertz CT molecular complexity index is 443. The van der Waals surface area contributed by atoms with Crippen LogP contribution in [0.2, 0.25) is 0 Å². The molecule has 1 saturated carbocycles. The molecule has 0 amide bonds. The molecule has 3 nitrogen and oxygen atoms in total. The van der Waals surface area contributed by atoms with Crippen LogP contribution < -0.4 is 10.2 Å². The number of rotatable bonds is 4. The van der Waals surface area contributed by atoms with Crippen LogP contribution in [0.25, 0.3) is 0 Å². The predicted molar refractivity (Wildman–Crippen MR) is 83.2 cm³/mol. The van der Waals surface area contributed by atoms with Gasteiger partial charge in [-0.05, 0) is 56.4 Å². The van der Waals surface area contributed by atoms with Crippen molar-refractivity contribution in [3.8, 4) is 0 Å². The lowest BCUT2D eigenvalue weighted by Crippen LogP contribution is -2.42. The molecule has 1 atom stereocenters. The summed E-state index contributed by atoms with van der Waals surface area (Å²) >= 11 is 0. The van der Waals surface area contributed by atoms with Gasteiger partial charge in [-0.3, -0.25) is 0 Å². The van der Waals surface area contributed by atoms with E-state index in [4.69, 9.17) is 4.74 Å². The standard InChI is InChI=1S/C17H25FN2O/c1-21-17-8-4-14(5-9-17)19-15-10-11-20(12-15)16-6-2-13(18)3-7-16/h2-3,6-7,14-15,17,19H,4-5,8-12H2,1H3. The second-order valence-electron chi connectivity index (χ2n) is 6.28. The molecule has 2 fully saturated rings. The molecule has 1 aliphatic heterocycles. The lowest BCUT2D eigenvalue weighted by atomic mass is 9.92. The predicted octanol–water partition coefficient (Wildman–Crippen LogP) is 2.95. The quantitative estimate of drug-likeness (QED) is 0.923. The number of benzene rings is 1. The van der Waals surface area contributed by atoms with E-state index >= 15 is 0 Å². The zero-order chi connectivity index (χ0) is 14.7. The summed E-state index contributed by atoms with van der Waals surface area (Å²) in [6, 6.07) is 8.03. The Kier molecular flexibility index (Phi) is 4.76. The number of hydrogen-bond acceptors (Lipinski definition) is 3. The maximum atomic E-state index is 13.0. The third-order valence-electron chi connectivity index (χ3n) is 4.86. The highest BCUT2D eigenvalue weighted by molar-refractivity contribution is 5.47. The third kappa shape index (κ3) is 3.74. The van der Waals surface area contributed by atoms with Crippen molar-refractivity contribution in [3.63, 3.8) is 0 Å². The van der Waals surface area contributed by atoms with Crippen molar-refractivity contribution >= 4 is 5.69 Å². The van der Waals surface area contributed by atoms with Gasteiger partial charge in [0.1, 0.15) is 5.82 Å². The molecule has 0 radical (unpaired) electrons. The van der Waals surface area contributed by atoms with Crippen LogP contribution in [-0.4, -0.2) is 38.4 Å². The summed E-state index contributed by atoms with van der Waals surface area (Å²) in [4.78, 5) is 2.35. The molecule has 1 unspecified atom stereocenters. The van der Waals surface area contributed by atoms with Crippen LogP contribution in [0.5, 0.6) is 0 Å². The first-order valence-corrected chi connectivity index (χ1v) is 8.04. The fraction of sp³-hybridized carbons (Fsp3) is 0.647. The second-order valence-corrected chi connectivity index (χ2v) is 6.28. The molecule has 116 valence electrons. The van der Waals surface area contributed by atoms with Crippen LogP contribution in [0.3, 0.4) is 0 Å². The van der Waals surface area contributed by atoms with Gasteiger partial charge in [0.15, 0.2) is 0 Å². The molecule has 0 aromatic heterocycles. The highest BCUT2D eigenvalue weighted by atomic mass is 19.1. The molecule has 1 N–H and O–H groups in total. The van der Waals surface area contributed by atoms with Gasteiger partial charge in [0.2, 0.25) is 0 Å². The molecule has 0 spiro atoms. The van der Waals surface area contributed by atoms with E-state index in [9.17, 15) is 4.39 Å². The minimum Gasteiger partial charge on any atom is -0.381 e. The minimum absolute atomic E-state index is 0.164. The molecule has 1 aliphatic carbocycles. The third-order valence-corrected chi connectivity index (χ3v) is 4.86. The number of anilines is 1. The van der Waals surface area contributed by atoms with Crippen molar-refractivity contribution in [1.82, 2.24) is 5.32 Å². The van der Waals surface area contributed by atoms with Gasteiger partial charge in [0.05, 0.1) is 6.10 Å². The summed E-state index contributed by atoms with van der Waals surface area (Å²) in [6.07, 6.45) is 6.39. The second kappa shape index (κ2) is 6.75. The zero-order valence-corrected chi connectivity index (χ0v) is 12.7. The van der Waals surface area contributed by atoms with Crippen molar-refractivity contribution in [1.29, 1.82) is 0 Å². The van der Waals surface area contributed by atoms with Gasteiger partial charge in [-0.25, -0.2) is 4.39 Å². The summed E-state index contributed by atoms with van der Waals surface area (Å²) in [7, 11) is 1.82. The van der Waals surface area contributed by atoms with E-state index < -0.39 is 0 Å². The Morgan fingerprint density at radius 3 is 2.43 bits per heavy atom. The number of nitrogens with one attached hydrogen (secondary N) is 1. The average Bonchev–Trinajstić information content (AvgIpc) is 2.97. The largest absolute Gasteiger partial charge is 0.381 e. The minimum atomic E-state index is -0.164. The molecule has 3 rings (SSSR count). The van der Waals surface area contributed by atoms with Gasteiger partial charge in [0, 0.05) is 38.0 Å². The molecular formula is C17H25FN2O. The summed E-state index contributed by atoms with van der Waals surface area (Å²) in [5.74, 6) is -0.164. The molecule has 1 aromatic carbocycles. The Hall–Kier alpha value is -1.13. The van der Waals surface area contributed by atoms with Crippen molar-refractivity contribution < 1.29 is 9.13 Å². The van der Waals surface area contributed by atoms with Crippen LogP contribution in [0.15, 0.2) is 24.3 Å². The van der Waals surface area contributed by atoms with E-state index in [1.165, 1.54) is 32.1 Å². The van der Waals surface area contributed by atoms with Crippen molar-refractivity contribution in [2.24, 2.45) is 0 Å². The molecule has 1 aromatic rings. The lowest BCUT2D eigenvalue weighted by molar-refractivity contribution is 0.0614. The molecule has 4 heteroatoms.